The van der Waals surface area contributed by atoms with Gasteiger partial charge in [-0.1, -0.05) is 6.07 Å². The van der Waals surface area contributed by atoms with E-state index < -0.39 is 0 Å². The van der Waals surface area contributed by atoms with E-state index in [4.69, 9.17) is 5.41 Å². The van der Waals surface area contributed by atoms with Crippen LogP contribution >= 0.6 is 11.8 Å². The van der Waals surface area contributed by atoms with E-state index in [2.05, 4.69) is 29.4 Å². The van der Waals surface area contributed by atoms with Gasteiger partial charge in [0.2, 0.25) is 5.12 Å². The van der Waals surface area contributed by atoms with Crippen LogP contribution in [0.4, 0.5) is 0 Å². The number of thioether (sulfide) groups is 1. The lowest BCUT2D eigenvalue weighted by Crippen LogP contribution is -2.27. The minimum atomic E-state index is -0.290. The molecule has 1 aliphatic heterocycles. The Morgan fingerprint density at radius 1 is 1.21 bits per heavy atom. The minimum Gasteiger partial charge on any atom is -0.425 e. The van der Waals surface area contributed by atoms with Gasteiger partial charge in [-0.25, -0.2) is 4.98 Å². The van der Waals surface area contributed by atoms with Gasteiger partial charge in [0.15, 0.2) is 0 Å². The second kappa shape index (κ2) is 8.89. The quantitative estimate of drug-likeness (QED) is 0.463. The van der Waals surface area contributed by atoms with E-state index in [1.54, 1.807) is 6.07 Å². The Kier molecular flexibility index (Phi) is 6.53. The molecule has 1 aliphatic rings. The van der Waals surface area contributed by atoms with Crippen LogP contribution in [0.1, 0.15) is 29.5 Å². The van der Waals surface area contributed by atoms with Gasteiger partial charge in [0, 0.05) is 12.1 Å². The number of nitrogens with one attached hydrogen (secondary N) is 2. The molecule has 3 rings (SSSR count). The number of hydrogen-bond acceptors (Lipinski definition) is 7. The molecule has 0 spiro atoms. The van der Waals surface area contributed by atoms with Gasteiger partial charge in [-0.15, -0.1) is 4.73 Å². The average Bonchev–Trinajstić information content (AvgIpc) is 2.61. The number of fused-ring (bicyclic) bond motifs is 5. The van der Waals surface area contributed by atoms with Crippen LogP contribution in [0.3, 0.4) is 0 Å². The van der Waals surface area contributed by atoms with E-state index in [-0.39, 0.29) is 10.7 Å². The first kappa shape index (κ1) is 20.6. The van der Waals surface area contributed by atoms with Crippen molar-refractivity contribution >= 4 is 16.9 Å². The predicted molar refractivity (Wildman–Crippen MR) is 109 cm³/mol. The molecule has 3 N–H and O–H groups in total. The van der Waals surface area contributed by atoms with Crippen molar-refractivity contribution in [1.29, 1.82) is 5.41 Å². The molecule has 0 amide bonds. The predicted octanol–water partition coefficient (Wildman–Crippen LogP) is 2.32. The standard InChI is InChI=1S/C20H27N5O2S/c1-13-8-14(2)16-9-15(13)11-22-6-4-5-7-24(3)12-19(26)28-18-10-17(16)25(27)20(21)23-18/h8-10,21-22,27H,4-7,11-12H2,1-3H3. The van der Waals surface area contributed by atoms with Crippen LogP contribution in [0.15, 0.2) is 23.2 Å². The molecule has 0 atom stereocenters. The molecule has 150 valence electrons. The van der Waals surface area contributed by atoms with Crippen LogP contribution in [-0.4, -0.2) is 51.6 Å². The molecule has 7 nitrogen and oxygen atoms in total. The van der Waals surface area contributed by atoms with Gasteiger partial charge in [0.25, 0.3) is 5.62 Å². The molecule has 0 fully saturated rings. The van der Waals surface area contributed by atoms with Crippen molar-refractivity contribution in [3.8, 4) is 11.3 Å². The fraction of sp³-hybridized carbons (Fsp3) is 0.450. The first-order chi connectivity index (χ1) is 13.3. The Labute approximate surface area is 169 Å². The molecular weight excluding hydrogens is 374 g/mol. The van der Waals surface area contributed by atoms with Crippen molar-refractivity contribution in [2.75, 3.05) is 26.7 Å². The van der Waals surface area contributed by atoms with E-state index in [0.29, 0.717) is 17.3 Å². The highest BCUT2D eigenvalue weighted by molar-refractivity contribution is 8.13. The average molecular weight is 402 g/mol. The summed E-state index contributed by atoms with van der Waals surface area (Å²) in [4.78, 5) is 18.5. The number of hydrogen-bond donors (Lipinski definition) is 3. The third kappa shape index (κ3) is 4.81. The largest absolute Gasteiger partial charge is 0.425 e. The van der Waals surface area contributed by atoms with Gasteiger partial charge in [0.1, 0.15) is 5.03 Å². The molecule has 28 heavy (non-hydrogen) atoms. The molecule has 0 saturated heterocycles. The molecule has 1 aromatic heterocycles. The van der Waals surface area contributed by atoms with Gasteiger partial charge in [-0.2, -0.15) is 0 Å². The van der Waals surface area contributed by atoms with Crippen molar-refractivity contribution in [1.82, 2.24) is 19.9 Å². The van der Waals surface area contributed by atoms with Crippen LogP contribution in [0, 0.1) is 19.3 Å². The lowest BCUT2D eigenvalue weighted by molar-refractivity contribution is -0.111. The number of aryl methyl sites for hydroxylation is 2. The Balaban J connectivity index is 2.08. The van der Waals surface area contributed by atoms with Crippen LogP contribution < -0.4 is 10.9 Å². The van der Waals surface area contributed by atoms with Crippen LogP contribution in [-0.2, 0) is 11.3 Å². The summed E-state index contributed by atoms with van der Waals surface area (Å²) in [6.07, 6.45) is 2.07. The second-order valence-electron chi connectivity index (χ2n) is 7.30. The van der Waals surface area contributed by atoms with Gasteiger partial charge in [0.05, 0.1) is 12.2 Å². The lowest BCUT2D eigenvalue weighted by Gasteiger charge is -2.18. The van der Waals surface area contributed by atoms with Crippen molar-refractivity contribution in [3.05, 3.63) is 40.5 Å². The third-order valence-electron chi connectivity index (χ3n) is 4.94. The molecule has 0 saturated carbocycles. The smallest absolute Gasteiger partial charge is 0.257 e. The van der Waals surface area contributed by atoms with Crippen LogP contribution in [0.25, 0.3) is 11.3 Å². The Morgan fingerprint density at radius 3 is 2.79 bits per heavy atom. The Hall–Kier alpha value is -2.16. The summed E-state index contributed by atoms with van der Waals surface area (Å²) in [6.45, 7) is 6.90. The summed E-state index contributed by atoms with van der Waals surface area (Å²) in [7, 11) is 1.94. The van der Waals surface area contributed by atoms with E-state index in [1.165, 1.54) is 5.56 Å². The number of rotatable bonds is 0. The van der Waals surface area contributed by atoms with E-state index in [9.17, 15) is 10.0 Å². The van der Waals surface area contributed by atoms with E-state index in [1.807, 2.05) is 18.9 Å². The maximum atomic E-state index is 12.4. The zero-order chi connectivity index (χ0) is 20.3. The molecule has 2 heterocycles. The molecular formula is C20H27N5O2S. The normalized spacial score (nSPS) is 16.9. The molecule has 2 aromatic rings. The Bertz CT molecular complexity index is 941. The SMILES string of the molecule is Cc1cc(C)c2cc1CNCCCCN(C)CC(=O)Sc1cc-2n(O)c(=N)n1. The first-order valence-corrected chi connectivity index (χ1v) is 10.2. The Morgan fingerprint density at radius 2 is 2.00 bits per heavy atom. The topological polar surface area (TPSA) is 94.2 Å². The molecule has 4 bridgehead atoms. The summed E-state index contributed by atoms with van der Waals surface area (Å²) >= 11 is 1.02. The number of likely N-dealkylation sites (N-methyl/N-ethyl adjacent to an activating group) is 1. The minimum absolute atomic E-state index is 0.0254. The lowest BCUT2D eigenvalue weighted by atomic mass is 9.97. The fourth-order valence-electron chi connectivity index (χ4n) is 3.39. The zero-order valence-electron chi connectivity index (χ0n) is 16.6. The van der Waals surface area contributed by atoms with E-state index in [0.717, 1.165) is 65.7 Å². The van der Waals surface area contributed by atoms with E-state index >= 15 is 0 Å². The maximum absolute atomic E-state index is 12.4. The number of carbonyl (C=O) groups excluding carboxylic acids is 1. The molecule has 8 heteroatoms. The van der Waals surface area contributed by atoms with Crippen molar-refractivity contribution in [2.24, 2.45) is 0 Å². The van der Waals surface area contributed by atoms with Gasteiger partial charge in [-0.3, -0.25) is 15.1 Å². The summed E-state index contributed by atoms with van der Waals surface area (Å²) in [5.41, 5.74) is 4.34. The summed E-state index contributed by atoms with van der Waals surface area (Å²) < 4.78 is 0.776. The van der Waals surface area contributed by atoms with Crippen LogP contribution in [0.5, 0.6) is 0 Å². The highest BCUT2D eigenvalue weighted by Crippen LogP contribution is 2.28. The molecule has 1 aromatic carbocycles. The summed E-state index contributed by atoms with van der Waals surface area (Å²) in [5, 5.41) is 22.3. The number of aromatic nitrogens is 2. The highest BCUT2D eigenvalue weighted by atomic mass is 32.2. The van der Waals surface area contributed by atoms with Gasteiger partial charge >= 0.3 is 0 Å². The molecule has 0 aliphatic carbocycles. The van der Waals surface area contributed by atoms with Crippen molar-refractivity contribution < 1.29 is 10.0 Å². The first-order valence-electron chi connectivity index (χ1n) is 9.43. The summed E-state index contributed by atoms with van der Waals surface area (Å²) in [6, 6.07) is 5.82. The highest BCUT2D eigenvalue weighted by Gasteiger charge is 2.16. The number of carbonyl (C=O) groups is 1. The zero-order valence-corrected chi connectivity index (χ0v) is 17.4. The molecule has 0 radical (unpaired) electrons. The maximum Gasteiger partial charge on any atom is 0.257 e. The monoisotopic (exact) mass is 401 g/mol. The van der Waals surface area contributed by atoms with Crippen molar-refractivity contribution in [3.63, 3.8) is 0 Å². The fourth-order valence-corrected chi connectivity index (χ4v) is 4.21. The van der Waals surface area contributed by atoms with Crippen molar-refractivity contribution in [2.45, 2.75) is 38.3 Å². The van der Waals surface area contributed by atoms with Gasteiger partial charge in [-0.05, 0) is 87.4 Å². The number of nitrogens with zero attached hydrogens (tertiary/aromatic N) is 3. The molecule has 0 unspecified atom stereocenters. The van der Waals surface area contributed by atoms with Gasteiger partial charge < -0.3 is 10.5 Å². The van der Waals surface area contributed by atoms with Crippen LogP contribution in [0.2, 0.25) is 0 Å². The summed E-state index contributed by atoms with van der Waals surface area (Å²) in [5.74, 6) is 0. The number of benzene rings is 1. The second-order valence-corrected chi connectivity index (χ2v) is 8.38. The third-order valence-corrected chi connectivity index (χ3v) is 5.72.